The first-order valence-electron chi connectivity index (χ1n) is 18.7. The molecule has 0 radical (unpaired) electrons. The average molecular weight is 734 g/mol. The molecule has 11 rings (SSSR count). The van der Waals surface area contributed by atoms with Gasteiger partial charge in [0.05, 0.1) is 0 Å². The summed E-state index contributed by atoms with van der Waals surface area (Å²) in [4.78, 5) is 15.1. The molecule has 0 fully saturated rings. The van der Waals surface area contributed by atoms with Crippen LogP contribution in [0.15, 0.2) is 192 Å². The Labute approximate surface area is 327 Å². The van der Waals surface area contributed by atoms with Crippen LogP contribution < -0.4 is 0 Å². The third-order valence-electron chi connectivity index (χ3n) is 10.5. The molecule has 0 spiro atoms. The summed E-state index contributed by atoms with van der Waals surface area (Å²) in [5, 5.41) is 4.74. The number of furan rings is 1. The summed E-state index contributed by atoms with van der Waals surface area (Å²) in [6.07, 6.45) is 0. The minimum absolute atomic E-state index is 0.588. The third-order valence-corrected chi connectivity index (χ3v) is 11.7. The highest BCUT2D eigenvalue weighted by molar-refractivity contribution is 7.25. The summed E-state index contributed by atoms with van der Waals surface area (Å²) < 4.78 is 9.22. The van der Waals surface area contributed by atoms with Crippen molar-refractivity contribution in [2.45, 2.75) is 0 Å². The summed E-state index contributed by atoms with van der Waals surface area (Å²) in [6.45, 7) is 0. The fourth-order valence-corrected chi connectivity index (χ4v) is 8.88. The van der Waals surface area contributed by atoms with Crippen LogP contribution >= 0.6 is 11.3 Å². The molecule has 5 heteroatoms. The first-order chi connectivity index (χ1) is 27.7. The van der Waals surface area contributed by atoms with E-state index >= 15 is 0 Å². The molecular weight excluding hydrogens is 703 g/mol. The van der Waals surface area contributed by atoms with Gasteiger partial charge in [0, 0.05) is 47.6 Å². The number of nitrogens with zero attached hydrogens (tertiary/aromatic N) is 3. The summed E-state index contributed by atoms with van der Waals surface area (Å²) in [6, 6.07) is 65.7. The molecule has 0 N–H and O–H groups in total. The van der Waals surface area contributed by atoms with Gasteiger partial charge in [0.25, 0.3) is 0 Å². The molecule has 3 heterocycles. The van der Waals surface area contributed by atoms with Crippen molar-refractivity contribution in [3.8, 4) is 67.5 Å². The van der Waals surface area contributed by atoms with Crippen molar-refractivity contribution >= 4 is 53.4 Å². The van der Waals surface area contributed by atoms with Crippen molar-refractivity contribution in [3.63, 3.8) is 0 Å². The van der Waals surface area contributed by atoms with Gasteiger partial charge in [0.2, 0.25) is 0 Å². The molecule has 0 amide bonds. The van der Waals surface area contributed by atoms with Crippen LogP contribution in [0, 0.1) is 0 Å². The van der Waals surface area contributed by atoms with Gasteiger partial charge in [-0.05, 0) is 81.9 Å². The van der Waals surface area contributed by atoms with Crippen LogP contribution in [0.5, 0.6) is 0 Å². The van der Waals surface area contributed by atoms with Gasteiger partial charge < -0.3 is 4.42 Å². The van der Waals surface area contributed by atoms with Crippen LogP contribution in [0.4, 0.5) is 0 Å². The second-order valence-corrected chi connectivity index (χ2v) is 15.1. The Hall–Kier alpha value is -7.21. The van der Waals surface area contributed by atoms with E-state index in [9.17, 15) is 0 Å². The van der Waals surface area contributed by atoms with E-state index in [4.69, 9.17) is 19.4 Å². The normalized spacial score (nSPS) is 11.6. The van der Waals surface area contributed by atoms with Crippen LogP contribution in [0.2, 0.25) is 0 Å². The molecule has 0 aliphatic rings. The Morgan fingerprint density at radius 1 is 0.321 bits per heavy atom. The summed E-state index contributed by atoms with van der Waals surface area (Å²) in [7, 11) is 0. The lowest BCUT2D eigenvalue weighted by Crippen LogP contribution is -2.00. The maximum atomic E-state index is 6.60. The molecule has 0 aliphatic carbocycles. The topological polar surface area (TPSA) is 51.8 Å². The number of hydrogen-bond donors (Lipinski definition) is 0. The SMILES string of the molecule is c1ccc(-c2cccc(-c3nc(-c4ccccc4)nc(-c4ccc5c(c4)oc4cccc(-c6cccc(-c7ccc8sc9ccccc9c8c7)c6)c45)n3)c2)cc1. The van der Waals surface area contributed by atoms with Gasteiger partial charge >= 0.3 is 0 Å². The Kier molecular flexibility index (Phi) is 7.64. The molecule has 0 atom stereocenters. The number of fused-ring (bicyclic) bond motifs is 6. The minimum Gasteiger partial charge on any atom is -0.456 e. The summed E-state index contributed by atoms with van der Waals surface area (Å²) >= 11 is 1.85. The second-order valence-electron chi connectivity index (χ2n) is 14.0. The van der Waals surface area contributed by atoms with Gasteiger partial charge in [-0.2, -0.15) is 0 Å². The monoisotopic (exact) mass is 733 g/mol. The lowest BCUT2D eigenvalue weighted by atomic mass is 9.95. The highest BCUT2D eigenvalue weighted by atomic mass is 32.1. The first kappa shape index (κ1) is 32.2. The van der Waals surface area contributed by atoms with E-state index in [2.05, 4.69) is 146 Å². The Bertz CT molecular complexity index is 3260. The molecule has 0 saturated heterocycles. The van der Waals surface area contributed by atoms with E-state index in [-0.39, 0.29) is 0 Å². The van der Waals surface area contributed by atoms with Crippen molar-refractivity contribution < 1.29 is 4.42 Å². The molecule has 56 heavy (non-hydrogen) atoms. The van der Waals surface area contributed by atoms with Crippen molar-refractivity contribution in [1.29, 1.82) is 0 Å². The molecular formula is C51H31N3OS. The zero-order valence-corrected chi connectivity index (χ0v) is 30.9. The Balaban J connectivity index is 1.01. The van der Waals surface area contributed by atoms with Gasteiger partial charge in [-0.15, -0.1) is 11.3 Å². The maximum Gasteiger partial charge on any atom is 0.164 e. The molecule has 8 aromatic carbocycles. The lowest BCUT2D eigenvalue weighted by molar-refractivity contribution is 0.669. The molecule has 0 unspecified atom stereocenters. The summed E-state index contributed by atoms with van der Waals surface area (Å²) in [5.74, 6) is 1.82. The summed E-state index contributed by atoms with van der Waals surface area (Å²) in [5.41, 5.74) is 11.2. The van der Waals surface area contributed by atoms with E-state index in [1.54, 1.807) is 0 Å². The standard InChI is InChI=1S/C51H31N3OS/c1-3-12-32(13-4-1)34-16-10-19-38(29-34)50-52-49(33-14-5-2-6-15-33)53-51(54-50)39-24-26-42-45(31-39)55-44-22-11-21-40(48(42)44)37-18-9-17-35(28-37)36-25-27-47-43(30-36)41-20-7-8-23-46(41)56-47/h1-31H. The van der Waals surface area contributed by atoms with E-state index in [0.717, 1.165) is 60.9 Å². The molecule has 0 bridgehead atoms. The van der Waals surface area contributed by atoms with Crippen LogP contribution in [-0.4, -0.2) is 15.0 Å². The van der Waals surface area contributed by atoms with Gasteiger partial charge in [-0.3, -0.25) is 0 Å². The third kappa shape index (κ3) is 5.65. The number of thiophene rings is 1. The highest BCUT2D eigenvalue weighted by Gasteiger charge is 2.17. The number of rotatable bonds is 6. The van der Waals surface area contributed by atoms with E-state index in [0.29, 0.717) is 17.5 Å². The lowest BCUT2D eigenvalue weighted by Gasteiger charge is -2.10. The van der Waals surface area contributed by atoms with Crippen LogP contribution in [0.1, 0.15) is 0 Å². The van der Waals surface area contributed by atoms with Crippen molar-refractivity contribution in [2.75, 3.05) is 0 Å². The molecule has 0 aliphatic heterocycles. The molecule has 3 aromatic heterocycles. The molecule has 262 valence electrons. The number of aromatic nitrogens is 3. The minimum atomic E-state index is 0.588. The zero-order chi connectivity index (χ0) is 37.0. The van der Waals surface area contributed by atoms with Crippen LogP contribution in [0.3, 0.4) is 0 Å². The quantitative estimate of drug-likeness (QED) is 0.171. The highest BCUT2D eigenvalue weighted by Crippen LogP contribution is 2.41. The first-order valence-corrected chi connectivity index (χ1v) is 19.5. The number of hydrogen-bond acceptors (Lipinski definition) is 5. The fourth-order valence-electron chi connectivity index (χ4n) is 7.80. The van der Waals surface area contributed by atoms with E-state index in [1.807, 2.05) is 53.8 Å². The second kappa shape index (κ2) is 13.3. The predicted octanol–water partition coefficient (Wildman–Crippen LogP) is 14.1. The van der Waals surface area contributed by atoms with Gasteiger partial charge in [-0.1, -0.05) is 140 Å². The van der Waals surface area contributed by atoms with Gasteiger partial charge in [0.15, 0.2) is 17.5 Å². The van der Waals surface area contributed by atoms with E-state index < -0.39 is 0 Å². The number of benzene rings is 8. The van der Waals surface area contributed by atoms with Crippen molar-refractivity contribution in [1.82, 2.24) is 15.0 Å². The molecule has 11 aromatic rings. The van der Waals surface area contributed by atoms with E-state index in [1.165, 1.54) is 31.3 Å². The van der Waals surface area contributed by atoms with Gasteiger partial charge in [0.1, 0.15) is 11.2 Å². The van der Waals surface area contributed by atoms with Crippen molar-refractivity contribution in [2.24, 2.45) is 0 Å². The molecule has 0 saturated carbocycles. The maximum absolute atomic E-state index is 6.60. The molecule has 4 nitrogen and oxygen atoms in total. The Morgan fingerprint density at radius 2 is 0.875 bits per heavy atom. The smallest absolute Gasteiger partial charge is 0.164 e. The average Bonchev–Trinajstić information content (AvgIpc) is 3.85. The largest absolute Gasteiger partial charge is 0.456 e. The Morgan fingerprint density at radius 3 is 1.68 bits per heavy atom. The zero-order valence-electron chi connectivity index (χ0n) is 30.1. The fraction of sp³-hybridized carbons (Fsp3) is 0. The van der Waals surface area contributed by atoms with Crippen molar-refractivity contribution in [3.05, 3.63) is 188 Å². The predicted molar refractivity (Wildman–Crippen MR) is 233 cm³/mol. The van der Waals surface area contributed by atoms with Crippen LogP contribution in [-0.2, 0) is 0 Å². The van der Waals surface area contributed by atoms with Crippen LogP contribution in [0.25, 0.3) is 110 Å². The van der Waals surface area contributed by atoms with Gasteiger partial charge in [-0.25, -0.2) is 15.0 Å².